The van der Waals surface area contributed by atoms with Crippen LogP contribution in [-0.4, -0.2) is 41.7 Å². The number of rotatable bonds is 7. The van der Waals surface area contributed by atoms with Crippen LogP contribution in [-0.2, 0) is 9.53 Å². The summed E-state index contributed by atoms with van der Waals surface area (Å²) in [4.78, 5) is 52.4. The molecule has 0 aromatic heterocycles. The van der Waals surface area contributed by atoms with E-state index < -0.39 is 23.8 Å². The van der Waals surface area contributed by atoms with Crippen LogP contribution in [0.2, 0.25) is 0 Å². The highest BCUT2D eigenvalue weighted by Gasteiger charge is 2.44. The minimum Gasteiger partial charge on any atom is -0.467 e. The molecule has 1 aliphatic rings. The fraction of sp³-hybridized carbons (Fsp3) is 0.152. The van der Waals surface area contributed by atoms with Crippen molar-refractivity contribution in [3.8, 4) is 22.3 Å². The Morgan fingerprint density at radius 1 is 0.700 bits per heavy atom. The number of hydrogen-bond donors (Lipinski definition) is 1. The zero-order valence-corrected chi connectivity index (χ0v) is 22.4. The molecule has 0 saturated carbocycles. The molecule has 1 N–H and O–H groups in total. The first kappa shape index (κ1) is 26.6. The predicted molar refractivity (Wildman–Crippen MR) is 153 cm³/mol. The lowest BCUT2D eigenvalue weighted by molar-refractivity contribution is -0.146. The molecule has 0 bridgehead atoms. The number of benzene rings is 4. The number of hydrogen-bond acceptors (Lipinski definition) is 5. The van der Waals surface area contributed by atoms with Gasteiger partial charge in [-0.25, -0.2) is 4.79 Å². The normalized spacial score (nSPS) is 13.2. The highest BCUT2D eigenvalue weighted by atomic mass is 16.5. The first-order chi connectivity index (χ1) is 19.3. The molecule has 7 heteroatoms. The van der Waals surface area contributed by atoms with Crippen molar-refractivity contribution in [3.05, 3.63) is 114 Å². The van der Waals surface area contributed by atoms with Crippen LogP contribution in [0.1, 0.15) is 44.9 Å². The molecule has 1 atom stereocenters. The van der Waals surface area contributed by atoms with Gasteiger partial charge in [0.05, 0.1) is 18.2 Å². The van der Waals surface area contributed by atoms with E-state index in [2.05, 4.69) is 5.32 Å². The Kier molecular flexibility index (Phi) is 7.29. The van der Waals surface area contributed by atoms with Crippen molar-refractivity contribution >= 4 is 29.4 Å². The number of ether oxygens (including phenoxy) is 1. The number of anilines is 1. The fourth-order valence-electron chi connectivity index (χ4n) is 4.88. The number of fused-ring (bicyclic) bond motifs is 1. The van der Waals surface area contributed by atoms with E-state index in [1.54, 1.807) is 56.3 Å². The Hall–Kier alpha value is -5.04. The van der Waals surface area contributed by atoms with Crippen LogP contribution in [0.5, 0.6) is 0 Å². The third-order valence-electron chi connectivity index (χ3n) is 7.00. The molecule has 1 aliphatic heterocycles. The van der Waals surface area contributed by atoms with Gasteiger partial charge < -0.3 is 10.1 Å². The molecule has 0 aliphatic carbocycles. The van der Waals surface area contributed by atoms with Crippen LogP contribution in [0.3, 0.4) is 0 Å². The lowest BCUT2D eigenvalue weighted by Gasteiger charge is -2.26. The molecule has 200 valence electrons. The summed E-state index contributed by atoms with van der Waals surface area (Å²) in [6, 6.07) is 28.6. The summed E-state index contributed by atoms with van der Waals surface area (Å²) in [5.74, 6) is -2.23. The van der Waals surface area contributed by atoms with Crippen molar-refractivity contribution in [3.63, 3.8) is 0 Å². The highest BCUT2D eigenvalue weighted by molar-refractivity contribution is 6.23. The van der Waals surface area contributed by atoms with Crippen molar-refractivity contribution in [1.82, 2.24) is 4.90 Å². The second-order valence-corrected chi connectivity index (χ2v) is 9.93. The summed E-state index contributed by atoms with van der Waals surface area (Å²) in [7, 11) is 1.24. The van der Waals surface area contributed by atoms with Gasteiger partial charge in [0.15, 0.2) is 0 Å². The molecular formula is C33H28N2O5. The van der Waals surface area contributed by atoms with E-state index in [1.807, 2.05) is 54.6 Å². The van der Waals surface area contributed by atoms with E-state index in [-0.39, 0.29) is 23.0 Å². The number of methoxy groups -OCH3 is 1. The lowest BCUT2D eigenvalue weighted by Crippen LogP contribution is -2.48. The Bertz CT molecular complexity index is 1590. The quantitative estimate of drug-likeness (QED) is 0.231. The van der Waals surface area contributed by atoms with Crippen LogP contribution in [0.15, 0.2) is 97.1 Å². The van der Waals surface area contributed by atoms with E-state index in [1.165, 1.54) is 7.11 Å². The topological polar surface area (TPSA) is 92.8 Å². The van der Waals surface area contributed by atoms with Gasteiger partial charge in [-0.3, -0.25) is 19.3 Å². The van der Waals surface area contributed by atoms with Gasteiger partial charge in [0.1, 0.15) is 6.04 Å². The second-order valence-electron chi connectivity index (χ2n) is 9.93. The monoisotopic (exact) mass is 532 g/mol. The molecule has 0 spiro atoms. The zero-order valence-electron chi connectivity index (χ0n) is 22.4. The second kappa shape index (κ2) is 11.0. The molecule has 7 nitrogen and oxygen atoms in total. The molecule has 4 aromatic rings. The number of nitrogens with one attached hydrogen (secondary N) is 1. The molecule has 1 heterocycles. The van der Waals surface area contributed by atoms with Crippen LogP contribution < -0.4 is 5.32 Å². The smallest absolute Gasteiger partial charge is 0.329 e. The summed E-state index contributed by atoms with van der Waals surface area (Å²) in [5, 5.41) is 2.91. The van der Waals surface area contributed by atoms with Crippen molar-refractivity contribution in [2.24, 2.45) is 5.92 Å². The molecular weight excluding hydrogens is 504 g/mol. The minimum absolute atomic E-state index is 0.234. The van der Waals surface area contributed by atoms with Crippen LogP contribution in [0, 0.1) is 5.92 Å². The minimum atomic E-state index is -1.01. The molecule has 1 unspecified atom stereocenters. The number of nitrogens with zero attached hydrogens (tertiary/aromatic N) is 1. The maximum absolute atomic E-state index is 13.2. The van der Waals surface area contributed by atoms with E-state index in [0.29, 0.717) is 16.8 Å². The van der Waals surface area contributed by atoms with Gasteiger partial charge >= 0.3 is 5.97 Å². The summed E-state index contributed by atoms with van der Waals surface area (Å²) < 4.78 is 4.85. The van der Waals surface area contributed by atoms with Gasteiger partial charge in [-0.15, -0.1) is 0 Å². The first-order valence-electron chi connectivity index (χ1n) is 13.0. The zero-order chi connectivity index (χ0) is 28.4. The summed E-state index contributed by atoms with van der Waals surface area (Å²) >= 11 is 0. The SMILES string of the molecule is COC(=O)C(C(C)C)N1C(=O)c2ccc(-c3ccc(C(=O)Nc4ccc(-c5ccccc5)cc4)cc3)cc2C1=O. The van der Waals surface area contributed by atoms with Crippen molar-refractivity contribution < 1.29 is 23.9 Å². The van der Waals surface area contributed by atoms with Crippen LogP contribution in [0.25, 0.3) is 22.3 Å². The maximum Gasteiger partial charge on any atom is 0.329 e. The Balaban J connectivity index is 1.31. The fourth-order valence-corrected chi connectivity index (χ4v) is 4.88. The molecule has 5 rings (SSSR count). The summed E-state index contributed by atoms with van der Waals surface area (Å²) in [6.07, 6.45) is 0. The number of imide groups is 1. The number of amides is 3. The standard InChI is InChI=1S/C33H28N2O5/c1-20(2)29(33(39)40-3)35-31(37)27-18-15-25(19-28(27)32(35)38)23-9-11-24(12-10-23)30(36)34-26-16-13-22(14-17-26)21-7-5-4-6-8-21/h4-20,29H,1-3H3,(H,34,36). The lowest BCUT2D eigenvalue weighted by atomic mass is 9.99. The van der Waals surface area contributed by atoms with Gasteiger partial charge in [-0.05, 0) is 64.6 Å². The molecule has 4 aromatic carbocycles. The van der Waals surface area contributed by atoms with Gasteiger partial charge in [-0.2, -0.15) is 0 Å². The molecule has 0 fully saturated rings. The van der Waals surface area contributed by atoms with Crippen molar-refractivity contribution in [2.75, 3.05) is 12.4 Å². The average Bonchev–Trinajstić information content (AvgIpc) is 3.22. The third kappa shape index (κ3) is 5.01. The Labute approximate surface area is 232 Å². The third-order valence-corrected chi connectivity index (χ3v) is 7.00. The molecule has 0 radical (unpaired) electrons. The van der Waals surface area contributed by atoms with Crippen molar-refractivity contribution in [2.45, 2.75) is 19.9 Å². The number of carbonyl (C=O) groups is 4. The van der Waals surface area contributed by atoms with Crippen molar-refractivity contribution in [1.29, 1.82) is 0 Å². The van der Waals surface area contributed by atoms with E-state index in [0.717, 1.165) is 21.6 Å². The van der Waals surface area contributed by atoms with Gasteiger partial charge in [0.25, 0.3) is 17.7 Å². The largest absolute Gasteiger partial charge is 0.467 e. The number of carbonyl (C=O) groups excluding carboxylic acids is 4. The molecule has 0 saturated heterocycles. The Morgan fingerprint density at radius 2 is 1.25 bits per heavy atom. The van der Waals surface area contributed by atoms with Crippen LogP contribution >= 0.6 is 0 Å². The highest BCUT2D eigenvalue weighted by Crippen LogP contribution is 2.32. The van der Waals surface area contributed by atoms with Crippen LogP contribution in [0.4, 0.5) is 5.69 Å². The van der Waals surface area contributed by atoms with Gasteiger partial charge in [0, 0.05) is 11.3 Å². The van der Waals surface area contributed by atoms with Gasteiger partial charge in [-0.1, -0.05) is 74.5 Å². The average molecular weight is 533 g/mol. The summed E-state index contributed by atoms with van der Waals surface area (Å²) in [5.41, 5.74) is 5.30. The van der Waals surface area contributed by atoms with E-state index >= 15 is 0 Å². The molecule has 40 heavy (non-hydrogen) atoms. The van der Waals surface area contributed by atoms with E-state index in [9.17, 15) is 19.2 Å². The maximum atomic E-state index is 13.2. The van der Waals surface area contributed by atoms with Gasteiger partial charge in [0.2, 0.25) is 0 Å². The molecule has 3 amide bonds. The first-order valence-corrected chi connectivity index (χ1v) is 13.0. The van der Waals surface area contributed by atoms with E-state index in [4.69, 9.17) is 4.74 Å². The summed E-state index contributed by atoms with van der Waals surface area (Å²) in [6.45, 7) is 3.52. The Morgan fingerprint density at radius 3 is 1.88 bits per heavy atom. The predicted octanol–water partition coefficient (Wildman–Crippen LogP) is 6.07. The number of esters is 1.